The largest absolute Gasteiger partial charge is 0.384 e. The fourth-order valence-corrected chi connectivity index (χ4v) is 3.70. The van der Waals surface area contributed by atoms with E-state index in [1.54, 1.807) is 0 Å². The number of rotatable bonds is 4. The zero-order chi connectivity index (χ0) is 14.7. The zero-order valence-corrected chi connectivity index (χ0v) is 12.6. The van der Waals surface area contributed by atoms with Crippen LogP contribution in [0.25, 0.3) is 0 Å². The van der Waals surface area contributed by atoms with E-state index < -0.39 is 5.60 Å². The Morgan fingerprint density at radius 3 is 2.76 bits per heavy atom. The van der Waals surface area contributed by atoms with Gasteiger partial charge >= 0.3 is 0 Å². The number of hydrogen-bond donors (Lipinski definition) is 1. The molecule has 0 saturated heterocycles. The second-order valence-corrected chi connectivity index (χ2v) is 6.03. The van der Waals surface area contributed by atoms with E-state index >= 15 is 0 Å². The zero-order valence-electron chi connectivity index (χ0n) is 12.6. The number of nitrogens with zero attached hydrogens (tertiary/aromatic N) is 1. The van der Waals surface area contributed by atoms with Crippen molar-refractivity contribution in [2.45, 2.75) is 50.5 Å². The predicted molar refractivity (Wildman–Crippen MR) is 85.2 cm³/mol. The second kappa shape index (κ2) is 5.98. The Hall–Kier alpha value is -1.67. The molecule has 1 aromatic heterocycles. The van der Waals surface area contributed by atoms with Crippen molar-refractivity contribution in [1.29, 1.82) is 0 Å². The lowest BCUT2D eigenvalue weighted by Crippen LogP contribution is -2.36. The fraction of sp³-hybridized carbons (Fsp3) is 0.421. The molecule has 1 aromatic carbocycles. The smallest absolute Gasteiger partial charge is 0.0979 e. The molecule has 1 N–H and O–H groups in total. The van der Waals surface area contributed by atoms with Gasteiger partial charge in [0.15, 0.2) is 0 Å². The molecular formula is C19H23NO. The molecule has 0 radical (unpaired) electrons. The van der Waals surface area contributed by atoms with Crippen LogP contribution in [-0.4, -0.2) is 10.1 Å². The van der Waals surface area contributed by atoms with Crippen LogP contribution in [0.5, 0.6) is 0 Å². The van der Waals surface area contributed by atoms with Crippen LogP contribution >= 0.6 is 0 Å². The highest BCUT2D eigenvalue weighted by atomic mass is 16.3. The normalized spacial score (nSPS) is 20.6. The highest BCUT2D eigenvalue weighted by molar-refractivity contribution is 5.34. The monoisotopic (exact) mass is 281 g/mol. The molecular weight excluding hydrogens is 258 g/mol. The van der Waals surface area contributed by atoms with Gasteiger partial charge in [0.25, 0.3) is 0 Å². The maximum atomic E-state index is 11.5. The summed E-state index contributed by atoms with van der Waals surface area (Å²) in [6, 6.07) is 14.3. The molecule has 2 heteroatoms. The van der Waals surface area contributed by atoms with E-state index in [9.17, 15) is 5.11 Å². The van der Waals surface area contributed by atoms with Crippen LogP contribution in [-0.2, 0) is 12.0 Å². The van der Waals surface area contributed by atoms with E-state index in [-0.39, 0.29) is 5.92 Å². The molecule has 1 aliphatic carbocycles. The topological polar surface area (TPSA) is 33.1 Å². The average molecular weight is 281 g/mol. The first kappa shape index (κ1) is 14.3. The highest BCUT2D eigenvalue weighted by Crippen LogP contribution is 2.45. The molecule has 2 nitrogen and oxygen atoms in total. The van der Waals surface area contributed by atoms with Crippen LogP contribution in [0, 0.1) is 0 Å². The minimum atomic E-state index is -0.806. The quantitative estimate of drug-likeness (QED) is 0.911. The Morgan fingerprint density at radius 1 is 1.19 bits per heavy atom. The van der Waals surface area contributed by atoms with Crippen LogP contribution in [0.4, 0.5) is 0 Å². The molecule has 0 fully saturated rings. The van der Waals surface area contributed by atoms with E-state index in [1.807, 2.05) is 42.6 Å². The van der Waals surface area contributed by atoms with E-state index in [0.717, 1.165) is 43.4 Å². The lowest BCUT2D eigenvalue weighted by Gasteiger charge is -2.39. The number of aromatic nitrogens is 1. The van der Waals surface area contributed by atoms with Crippen LogP contribution < -0.4 is 0 Å². The van der Waals surface area contributed by atoms with Crippen LogP contribution in [0.1, 0.15) is 55.3 Å². The van der Waals surface area contributed by atoms with Gasteiger partial charge in [-0.3, -0.25) is 4.98 Å². The van der Waals surface area contributed by atoms with Crippen molar-refractivity contribution in [2.24, 2.45) is 0 Å². The molecule has 3 rings (SSSR count). The maximum absolute atomic E-state index is 11.5. The van der Waals surface area contributed by atoms with Gasteiger partial charge in [0.05, 0.1) is 5.60 Å². The van der Waals surface area contributed by atoms with E-state index in [4.69, 9.17) is 0 Å². The number of hydrogen-bond acceptors (Lipinski definition) is 2. The molecule has 110 valence electrons. The minimum absolute atomic E-state index is 0.102. The van der Waals surface area contributed by atoms with Gasteiger partial charge in [-0.05, 0) is 42.9 Å². The molecule has 0 bridgehead atoms. The summed E-state index contributed by atoms with van der Waals surface area (Å²) in [6.07, 6.45) is 6.81. The molecule has 1 heterocycles. The Bertz CT molecular complexity index is 596. The van der Waals surface area contributed by atoms with Gasteiger partial charge in [-0.15, -0.1) is 0 Å². The third-order valence-corrected chi connectivity index (χ3v) is 4.68. The summed E-state index contributed by atoms with van der Waals surface area (Å²) in [4.78, 5) is 4.61. The lowest BCUT2D eigenvalue weighted by molar-refractivity contribution is -0.00919. The Kier molecular flexibility index (Phi) is 4.07. The third kappa shape index (κ3) is 2.60. The fourth-order valence-electron chi connectivity index (χ4n) is 3.70. The first-order valence-corrected chi connectivity index (χ1v) is 7.97. The van der Waals surface area contributed by atoms with Gasteiger partial charge in [0, 0.05) is 17.8 Å². The Morgan fingerprint density at radius 2 is 2.00 bits per heavy atom. The number of benzene rings is 1. The highest BCUT2D eigenvalue weighted by Gasteiger charge is 2.41. The number of aryl methyl sites for hydroxylation is 1. The predicted octanol–water partition coefficient (Wildman–Crippen LogP) is 4.19. The SMILES string of the molecule is CCCC(O)(c1ccccc1)C1CCCc2cccnc21. The van der Waals surface area contributed by atoms with Crippen molar-refractivity contribution >= 4 is 0 Å². The summed E-state index contributed by atoms with van der Waals surface area (Å²) in [7, 11) is 0. The number of pyridine rings is 1. The van der Waals surface area contributed by atoms with Crippen molar-refractivity contribution in [3.8, 4) is 0 Å². The van der Waals surface area contributed by atoms with Crippen molar-refractivity contribution in [3.63, 3.8) is 0 Å². The lowest BCUT2D eigenvalue weighted by atomic mass is 9.70. The van der Waals surface area contributed by atoms with Gasteiger partial charge in [-0.25, -0.2) is 0 Å². The second-order valence-electron chi connectivity index (χ2n) is 6.03. The summed E-state index contributed by atoms with van der Waals surface area (Å²) in [6.45, 7) is 2.13. The third-order valence-electron chi connectivity index (χ3n) is 4.68. The molecule has 21 heavy (non-hydrogen) atoms. The van der Waals surface area contributed by atoms with Gasteiger partial charge in [-0.1, -0.05) is 49.7 Å². The minimum Gasteiger partial charge on any atom is -0.384 e. The van der Waals surface area contributed by atoms with Crippen molar-refractivity contribution < 1.29 is 5.11 Å². The van der Waals surface area contributed by atoms with Crippen LogP contribution in [0.3, 0.4) is 0 Å². The molecule has 2 aromatic rings. The van der Waals surface area contributed by atoms with Gasteiger partial charge < -0.3 is 5.11 Å². The Labute approximate surface area is 126 Å². The first-order chi connectivity index (χ1) is 10.3. The first-order valence-electron chi connectivity index (χ1n) is 7.97. The number of fused-ring (bicyclic) bond motifs is 1. The summed E-state index contributed by atoms with van der Waals surface area (Å²) in [5.74, 6) is 0.102. The summed E-state index contributed by atoms with van der Waals surface area (Å²) in [5.41, 5.74) is 2.62. The molecule has 2 atom stereocenters. The summed E-state index contributed by atoms with van der Waals surface area (Å²) in [5, 5.41) is 11.5. The molecule has 2 unspecified atom stereocenters. The molecule has 0 amide bonds. The van der Waals surface area contributed by atoms with E-state index in [2.05, 4.69) is 18.0 Å². The molecule has 1 aliphatic rings. The van der Waals surface area contributed by atoms with E-state index in [0.29, 0.717) is 0 Å². The van der Waals surface area contributed by atoms with E-state index in [1.165, 1.54) is 5.56 Å². The molecule has 0 saturated carbocycles. The van der Waals surface area contributed by atoms with Crippen LogP contribution in [0.2, 0.25) is 0 Å². The standard InChI is InChI=1S/C19H23NO/c1-2-13-19(21,16-10-4-3-5-11-16)17-12-6-8-15-9-7-14-20-18(15)17/h3-5,7,9-11,14,17,21H,2,6,8,12-13H2,1H3. The molecule has 0 spiro atoms. The number of aliphatic hydroxyl groups is 1. The van der Waals surface area contributed by atoms with Crippen molar-refractivity contribution in [3.05, 3.63) is 65.5 Å². The van der Waals surface area contributed by atoms with Crippen LogP contribution in [0.15, 0.2) is 48.7 Å². The average Bonchev–Trinajstić information content (AvgIpc) is 2.55. The summed E-state index contributed by atoms with van der Waals surface area (Å²) < 4.78 is 0. The van der Waals surface area contributed by atoms with Crippen molar-refractivity contribution in [1.82, 2.24) is 4.98 Å². The van der Waals surface area contributed by atoms with Gasteiger partial charge in [0.2, 0.25) is 0 Å². The Balaban J connectivity index is 2.07. The molecule has 0 aliphatic heterocycles. The van der Waals surface area contributed by atoms with Gasteiger partial charge in [-0.2, -0.15) is 0 Å². The maximum Gasteiger partial charge on any atom is 0.0979 e. The van der Waals surface area contributed by atoms with Crippen molar-refractivity contribution in [2.75, 3.05) is 0 Å². The summed E-state index contributed by atoms with van der Waals surface area (Å²) >= 11 is 0. The van der Waals surface area contributed by atoms with Gasteiger partial charge in [0.1, 0.15) is 0 Å².